The van der Waals surface area contributed by atoms with Crippen LogP contribution in [0.5, 0.6) is 0 Å². The Balaban J connectivity index is 1.73. The Morgan fingerprint density at radius 2 is 1.61 bits per heavy atom. The van der Waals surface area contributed by atoms with E-state index in [1.165, 1.54) is 22.9 Å². The van der Waals surface area contributed by atoms with Crippen LogP contribution < -0.4 is 5.32 Å². The van der Waals surface area contributed by atoms with Crippen LogP contribution in [0.3, 0.4) is 0 Å². The monoisotopic (exact) mass is 453 g/mol. The highest BCUT2D eigenvalue weighted by Crippen LogP contribution is 2.24. The van der Waals surface area contributed by atoms with Gasteiger partial charge < -0.3 is 5.32 Å². The standard InChI is InChI=1S/C21H13Cl2N5O3/c22-14-6-4-13(5-7-14)20-25-19(26-27(20)17-10-8-15(23)9-11-17)21(29)24-16-2-1-3-18(12-16)28(30)31/h1-12H,(H,24,29). The topological polar surface area (TPSA) is 103 Å². The molecule has 31 heavy (non-hydrogen) atoms. The molecular formula is C21H13Cl2N5O3. The minimum absolute atomic E-state index is 0.105. The van der Waals surface area contributed by atoms with Gasteiger partial charge in [-0.15, -0.1) is 5.10 Å². The van der Waals surface area contributed by atoms with Gasteiger partial charge in [0, 0.05) is 33.4 Å². The van der Waals surface area contributed by atoms with Gasteiger partial charge in [-0.25, -0.2) is 9.67 Å². The number of carbonyl (C=O) groups is 1. The lowest BCUT2D eigenvalue weighted by Gasteiger charge is -2.06. The molecule has 1 N–H and O–H groups in total. The number of nitro benzene ring substituents is 1. The van der Waals surface area contributed by atoms with Gasteiger partial charge in [0.1, 0.15) is 0 Å². The van der Waals surface area contributed by atoms with Gasteiger partial charge in [0.2, 0.25) is 5.82 Å². The molecule has 0 saturated heterocycles. The first-order valence-electron chi connectivity index (χ1n) is 8.95. The molecule has 4 aromatic rings. The lowest BCUT2D eigenvalue weighted by molar-refractivity contribution is -0.384. The van der Waals surface area contributed by atoms with Crippen LogP contribution in [0.25, 0.3) is 17.1 Å². The fourth-order valence-electron chi connectivity index (χ4n) is 2.84. The summed E-state index contributed by atoms with van der Waals surface area (Å²) in [7, 11) is 0. The highest BCUT2D eigenvalue weighted by Gasteiger charge is 2.19. The van der Waals surface area contributed by atoms with Crippen LogP contribution in [0, 0.1) is 10.1 Å². The van der Waals surface area contributed by atoms with Crippen molar-refractivity contribution in [2.45, 2.75) is 0 Å². The van der Waals surface area contributed by atoms with Gasteiger partial charge in [-0.3, -0.25) is 14.9 Å². The first-order valence-corrected chi connectivity index (χ1v) is 9.71. The number of amides is 1. The predicted octanol–water partition coefficient (Wildman–Crippen LogP) is 5.40. The van der Waals surface area contributed by atoms with Gasteiger partial charge in [-0.05, 0) is 54.6 Å². The number of hydrogen-bond acceptors (Lipinski definition) is 5. The summed E-state index contributed by atoms with van der Waals surface area (Å²) in [5.74, 6) is -0.294. The van der Waals surface area contributed by atoms with Crippen molar-refractivity contribution in [1.82, 2.24) is 14.8 Å². The second-order valence-corrected chi connectivity index (χ2v) is 7.29. The Kier molecular flexibility index (Phi) is 5.66. The summed E-state index contributed by atoms with van der Waals surface area (Å²) in [6.07, 6.45) is 0. The molecule has 8 nitrogen and oxygen atoms in total. The minimum Gasteiger partial charge on any atom is -0.319 e. The number of non-ortho nitro benzene ring substituents is 1. The van der Waals surface area contributed by atoms with Gasteiger partial charge in [-0.1, -0.05) is 29.3 Å². The molecular weight excluding hydrogens is 441 g/mol. The maximum Gasteiger partial charge on any atom is 0.295 e. The van der Waals surface area contributed by atoms with Crippen molar-refractivity contribution in [3.63, 3.8) is 0 Å². The Morgan fingerprint density at radius 3 is 2.26 bits per heavy atom. The van der Waals surface area contributed by atoms with Gasteiger partial charge >= 0.3 is 0 Å². The van der Waals surface area contributed by atoms with Crippen LogP contribution in [-0.4, -0.2) is 25.6 Å². The van der Waals surface area contributed by atoms with E-state index in [-0.39, 0.29) is 17.2 Å². The van der Waals surface area contributed by atoms with Crippen LogP contribution in [0.4, 0.5) is 11.4 Å². The summed E-state index contributed by atoms with van der Waals surface area (Å²) in [6, 6.07) is 19.5. The number of nitrogens with zero attached hydrogens (tertiary/aromatic N) is 4. The van der Waals surface area contributed by atoms with Crippen molar-refractivity contribution in [2.24, 2.45) is 0 Å². The molecule has 0 aliphatic carbocycles. The summed E-state index contributed by atoms with van der Waals surface area (Å²) in [5.41, 5.74) is 1.46. The second-order valence-electron chi connectivity index (χ2n) is 6.42. The van der Waals surface area contributed by atoms with Crippen LogP contribution in [0.15, 0.2) is 72.8 Å². The molecule has 3 aromatic carbocycles. The van der Waals surface area contributed by atoms with Crippen LogP contribution in [0.1, 0.15) is 10.6 Å². The minimum atomic E-state index is -0.608. The molecule has 0 fully saturated rings. The zero-order chi connectivity index (χ0) is 22.0. The maximum atomic E-state index is 12.8. The van der Waals surface area contributed by atoms with Crippen LogP contribution in [-0.2, 0) is 0 Å². The third-order valence-electron chi connectivity index (χ3n) is 4.30. The Hall–Kier alpha value is -3.75. The van der Waals surface area contributed by atoms with E-state index in [0.29, 0.717) is 27.1 Å². The maximum absolute atomic E-state index is 12.8. The average Bonchev–Trinajstić information content (AvgIpc) is 3.20. The zero-order valence-corrected chi connectivity index (χ0v) is 17.2. The van der Waals surface area contributed by atoms with E-state index in [1.54, 1.807) is 54.6 Å². The second kappa shape index (κ2) is 8.55. The first-order chi connectivity index (χ1) is 14.9. The first kappa shape index (κ1) is 20.5. The fraction of sp³-hybridized carbons (Fsp3) is 0. The number of anilines is 1. The van der Waals surface area contributed by atoms with Gasteiger partial charge in [0.25, 0.3) is 11.6 Å². The largest absolute Gasteiger partial charge is 0.319 e. The number of benzene rings is 3. The normalized spacial score (nSPS) is 10.6. The molecule has 1 aromatic heterocycles. The molecule has 0 unspecified atom stereocenters. The van der Waals surface area contributed by atoms with Gasteiger partial charge in [0.15, 0.2) is 5.82 Å². The molecule has 0 aliphatic heterocycles. The highest BCUT2D eigenvalue weighted by molar-refractivity contribution is 6.30. The zero-order valence-electron chi connectivity index (χ0n) is 15.7. The molecule has 0 bridgehead atoms. The van der Waals surface area contributed by atoms with Gasteiger partial charge in [-0.2, -0.15) is 0 Å². The third-order valence-corrected chi connectivity index (χ3v) is 4.80. The molecule has 1 heterocycles. The fourth-order valence-corrected chi connectivity index (χ4v) is 3.09. The van der Waals surface area contributed by atoms with Crippen molar-refractivity contribution in [3.8, 4) is 17.1 Å². The molecule has 4 rings (SSSR count). The number of rotatable bonds is 5. The summed E-state index contributed by atoms with van der Waals surface area (Å²) in [6.45, 7) is 0. The van der Waals surface area contributed by atoms with Crippen molar-refractivity contribution >= 4 is 40.5 Å². The van der Waals surface area contributed by atoms with Crippen LogP contribution >= 0.6 is 23.2 Å². The molecule has 0 aliphatic rings. The van der Waals surface area contributed by atoms with E-state index in [4.69, 9.17) is 23.2 Å². The van der Waals surface area contributed by atoms with Crippen LogP contribution in [0.2, 0.25) is 10.0 Å². The molecule has 0 spiro atoms. The third kappa shape index (κ3) is 4.55. The molecule has 0 radical (unpaired) electrons. The molecule has 1 amide bonds. The lowest BCUT2D eigenvalue weighted by atomic mass is 10.2. The highest BCUT2D eigenvalue weighted by atomic mass is 35.5. The quantitative estimate of drug-likeness (QED) is 0.321. The molecule has 154 valence electrons. The van der Waals surface area contributed by atoms with Crippen molar-refractivity contribution in [1.29, 1.82) is 0 Å². The summed E-state index contributed by atoms with van der Waals surface area (Å²) >= 11 is 12.0. The number of halogens is 2. The smallest absolute Gasteiger partial charge is 0.295 e. The Labute approximate surface area is 186 Å². The Morgan fingerprint density at radius 1 is 0.968 bits per heavy atom. The molecule has 0 atom stereocenters. The lowest BCUT2D eigenvalue weighted by Crippen LogP contribution is -2.14. The average molecular weight is 454 g/mol. The van der Waals surface area contributed by atoms with E-state index in [1.807, 2.05) is 0 Å². The number of nitro groups is 1. The van der Waals surface area contributed by atoms with E-state index in [9.17, 15) is 14.9 Å². The number of hydrogen-bond donors (Lipinski definition) is 1. The van der Waals surface area contributed by atoms with Crippen molar-refractivity contribution in [3.05, 3.63) is 98.8 Å². The predicted molar refractivity (Wildman–Crippen MR) is 118 cm³/mol. The Bertz CT molecular complexity index is 1210. The van der Waals surface area contributed by atoms with E-state index in [2.05, 4.69) is 15.4 Å². The summed E-state index contributed by atoms with van der Waals surface area (Å²) in [5, 5.41) is 19.0. The molecule has 0 saturated carbocycles. The number of carbonyl (C=O) groups excluding carboxylic acids is 1. The van der Waals surface area contributed by atoms with E-state index in [0.717, 1.165) is 0 Å². The number of aromatic nitrogens is 3. The number of nitrogens with one attached hydrogen (secondary N) is 1. The van der Waals surface area contributed by atoms with Crippen molar-refractivity contribution in [2.75, 3.05) is 5.32 Å². The van der Waals surface area contributed by atoms with E-state index >= 15 is 0 Å². The summed E-state index contributed by atoms with van der Waals surface area (Å²) < 4.78 is 1.52. The molecule has 10 heteroatoms. The van der Waals surface area contributed by atoms with Gasteiger partial charge in [0.05, 0.1) is 10.6 Å². The van der Waals surface area contributed by atoms with E-state index < -0.39 is 10.8 Å². The SMILES string of the molecule is O=C(Nc1cccc([N+](=O)[O-])c1)c1nc(-c2ccc(Cl)cc2)n(-c2ccc(Cl)cc2)n1. The van der Waals surface area contributed by atoms with Crippen molar-refractivity contribution < 1.29 is 9.72 Å². The summed E-state index contributed by atoms with van der Waals surface area (Å²) in [4.78, 5) is 27.6.